The second kappa shape index (κ2) is 9.88. The highest BCUT2D eigenvalue weighted by molar-refractivity contribution is 7.88. The molecular weight excluding hydrogens is 424 g/mol. The molecule has 1 N–H and O–H groups in total. The molecule has 2 aliphatic rings. The lowest BCUT2D eigenvalue weighted by molar-refractivity contribution is 0.106. The van der Waals surface area contributed by atoms with Crippen LogP contribution in [0, 0.1) is 0 Å². The number of fused-ring (bicyclic) bond motifs is 5. The van der Waals surface area contributed by atoms with Crippen LogP contribution in [0.4, 0.5) is 4.79 Å². The molecule has 2 bridgehead atoms. The molecule has 1 saturated heterocycles. The number of ether oxygens (including phenoxy) is 1. The molecule has 0 spiro atoms. The predicted molar refractivity (Wildman–Crippen MR) is 126 cm³/mol. The summed E-state index contributed by atoms with van der Waals surface area (Å²) in [4.78, 5) is 14.5. The summed E-state index contributed by atoms with van der Waals surface area (Å²) in [5.41, 5.74) is 4.74. The van der Waals surface area contributed by atoms with E-state index in [0.29, 0.717) is 19.4 Å². The van der Waals surface area contributed by atoms with Gasteiger partial charge in [0.2, 0.25) is 10.0 Å². The Bertz CT molecular complexity index is 1100. The fraction of sp³-hybridized carbons (Fsp3) is 0.400. The van der Waals surface area contributed by atoms with Crippen molar-refractivity contribution in [3.05, 3.63) is 71.8 Å². The van der Waals surface area contributed by atoms with Gasteiger partial charge >= 0.3 is 6.09 Å². The van der Waals surface area contributed by atoms with Gasteiger partial charge in [0.15, 0.2) is 0 Å². The number of nitrogens with zero attached hydrogens (tertiary/aromatic N) is 1. The van der Waals surface area contributed by atoms with Gasteiger partial charge in [0.05, 0.1) is 12.3 Å². The monoisotopic (exact) mass is 454 g/mol. The van der Waals surface area contributed by atoms with Crippen LogP contribution in [0.15, 0.2) is 60.7 Å². The molecule has 2 aromatic carbocycles. The lowest BCUT2D eigenvalue weighted by atomic mass is 9.93. The summed E-state index contributed by atoms with van der Waals surface area (Å²) in [6.07, 6.45) is 8.72. The Morgan fingerprint density at radius 1 is 1.09 bits per heavy atom. The Kier molecular flexibility index (Phi) is 6.96. The van der Waals surface area contributed by atoms with E-state index in [2.05, 4.69) is 47.2 Å². The van der Waals surface area contributed by atoms with Gasteiger partial charge in [-0.15, -0.1) is 0 Å². The molecule has 0 unspecified atom stereocenters. The number of cyclic esters (lactones) is 1. The van der Waals surface area contributed by atoms with Crippen molar-refractivity contribution in [1.29, 1.82) is 0 Å². The van der Waals surface area contributed by atoms with E-state index in [0.717, 1.165) is 36.6 Å². The minimum atomic E-state index is -3.40. The van der Waals surface area contributed by atoms with Crippen molar-refractivity contribution in [2.45, 2.75) is 44.2 Å². The number of nitrogens with one attached hydrogen (secondary N) is 1. The first-order valence-corrected chi connectivity index (χ1v) is 13.0. The number of allylic oxidation sites excluding steroid dienone is 1. The molecule has 1 amide bonds. The highest BCUT2D eigenvalue weighted by Gasteiger charge is 2.39. The summed E-state index contributed by atoms with van der Waals surface area (Å²) in [5, 5.41) is 0. The molecule has 7 heteroatoms. The molecule has 170 valence electrons. The topological polar surface area (TPSA) is 75.7 Å². The van der Waals surface area contributed by atoms with Crippen LogP contribution < -0.4 is 4.72 Å². The Balaban J connectivity index is 1.70. The van der Waals surface area contributed by atoms with Crippen molar-refractivity contribution >= 4 is 16.1 Å². The number of carbonyl (C=O) groups is 1. The second-order valence-corrected chi connectivity index (χ2v) is 10.3. The number of rotatable bonds is 2. The lowest BCUT2D eigenvalue weighted by Gasteiger charge is -2.28. The highest BCUT2D eigenvalue weighted by Crippen LogP contribution is 2.29. The van der Waals surface area contributed by atoms with Crippen LogP contribution in [0.3, 0.4) is 0 Å². The second-order valence-electron chi connectivity index (χ2n) is 8.55. The number of hydrogen-bond acceptors (Lipinski definition) is 4. The van der Waals surface area contributed by atoms with E-state index in [-0.39, 0.29) is 18.7 Å². The number of amides is 1. The smallest absolute Gasteiger partial charge is 0.410 e. The zero-order chi connectivity index (χ0) is 22.6. The molecule has 2 aliphatic heterocycles. The molecule has 0 saturated carbocycles. The van der Waals surface area contributed by atoms with E-state index in [9.17, 15) is 13.2 Å². The minimum absolute atomic E-state index is 0.221. The van der Waals surface area contributed by atoms with Gasteiger partial charge in [-0.05, 0) is 54.4 Å². The van der Waals surface area contributed by atoms with E-state index >= 15 is 0 Å². The summed E-state index contributed by atoms with van der Waals surface area (Å²) in [6, 6.07) is 16.2. The molecule has 2 atom stereocenters. The molecule has 1 fully saturated rings. The van der Waals surface area contributed by atoms with Crippen molar-refractivity contribution < 1.29 is 17.9 Å². The summed E-state index contributed by atoms with van der Waals surface area (Å²) >= 11 is 0. The average molecular weight is 455 g/mol. The van der Waals surface area contributed by atoms with Gasteiger partial charge in [-0.25, -0.2) is 17.9 Å². The lowest BCUT2D eigenvalue weighted by Crippen LogP contribution is -2.47. The molecule has 2 aromatic rings. The van der Waals surface area contributed by atoms with E-state index in [1.54, 1.807) is 4.90 Å². The Morgan fingerprint density at radius 2 is 1.94 bits per heavy atom. The number of hydrogen-bond donors (Lipinski definition) is 1. The Morgan fingerprint density at radius 3 is 2.78 bits per heavy atom. The van der Waals surface area contributed by atoms with Crippen molar-refractivity contribution in [1.82, 2.24) is 9.62 Å². The van der Waals surface area contributed by atoms with Crippen LogP contribution in [-0.4, -0.2) is 50.9 Å². The van der Waals surface area contributed by atoms with Crippen molar-refractivity contribution in [2.75, 3.05) is 19.4 Å². The SMILES string of the molecule is CS(=O)(=O)N[C@H]1CCN2C(=O)OC/C=C/CCCc3ccccc3-c3cccc(c3)C[C@@H]12. The molecule has 32 heavy (non-hydrogen) atoms. The zero-order valence-electron chi connectivity index (χ0n) is 18.4. The van der Waals surface area contributed by atoms with Crippen LogP contribution in [0.25, 0.3) is 11.1 Å². The molecule has 2 heterocycles. The van der Waals surface area contributed by atoms with Crippen molar-refractivity contribution in [2.24, 2.45) is 0 Å². The average Bonchev–Trinajstić information content (AvgIpc) is 3.13. The maximum absolute atomic E-state index is 12.8. The fourth-order valence-corrected chi connectivity index (χ4v) is 5.50. The molecule has 0 aliphatic carbocycles. The third-order valence-corrected chi connectivity index (χ3v) is 6.86. The van der Waals surface area contributed by atoms with Crippen LogP contribution in [0.2, 0.25) is 0 Å². The molecular formula is C25H30N2O4S. The standard InChI is InChI=1S/C25H30N2O4S/c1-32(29,30)26-23-14-15-27-24(23)18-19-9-8-12-21(17-19)22-13-6-5-11-20(22)10-4-2-3-7-16-31-25(27)28/h3,5-9,11-13,17,23-24,26H,2,4,10,14-16,18H2,1H3/b7-3+/t23-,24-/m0/s1. The first-order chi connectivity index (χ1) is 15.4. The van der Waals surface area contributed by atoms with Gasteiger partial charge in [0.1, 0.15) is 6.61 Å². The largest absolute Gasteiger partial charge is 0.445 e. The molecule has 0 aromatic heterocycles. The summed E-state index contributed by atoms with van der Waals surface area (Å²) < 4.78 is 32.1. The number of benzene rings is 2. The van der Waals surface area contributed by atoms with Crippen molar-refractivity contribution in [3.63, 3.8) is 0 Å². The third kappa shape index (κ3) is 5.58. The fourth-order valence-electron chi connectivity index (χ4n) is 4.67. The summed E-state index contributed by atoms with van der Waals surface area (Å²) in [7, 11) is -3.40. The van der Waals surface area contributed by atoms with Crippen LogP contribution in [0.5, 0.6) is 0 Å². The molecule has 0 radical (unpaired) electrons. The first-order valence-electron chi connectivity index (χ1n) is 11.1. The van der Waals surface area contributed by atoms with Crippen molar-refractivity contribution in [3.8, 4) is 11.1 Å². The maximum atomic E-state index is 12.8. The summed E-state index contributed by atoms with van der Waals surface area (Å²) in [5.74, 6) is 0. The van der Waals surface area contributed by atoms with Crippen LogP contribution in [-0.2, 0) is 27.6 Å². The molecule has 6 nitrogen and oxygen atoms in total. The number of aryl methyl sites for hydroxylation is 1. The van der Waals surface area contributed by atoms with Crippen LogP contribution >= 0.6 is 0 Å². The normalized spacial score (nSPS) is 23.2. The third-order valence-electron chi connectivity index (χ3n) is 6.13. The quantitative estimate of drug-likeness (QED) is 0.698. The van der Waals surface area contributed by atoms with E-state index < -0.39 is 16.1 Å². The summed E-state index contributed by atoms with van der Waals surface area (Å²) in [6.45, 7) is 0.682. The van der Waals surface area contributed by atoms with Gasteiger partial charge in [-0.1, -0.05) is 60.7 Å². The van der Waals surface area contributed by atoms with Gasteiger partial charge in [-0.2, -0.15) is 0 Å². The van der Waals surface area contributed by atoms with Gasteiger partial charge in [0, 0.05) is 12.6 Å². The Labute approximate surface area is 190 Å². The molecule has 4 rings (SSSR count). The van der Waals surface area contributed by atoms with Crippen LogP contribution in [0.1, 0.15) is 30.4 Å². The van der Waals surface area contributed by atoms with Gasteiger partial charge in [0.25, 0.3) is 0 Å². The van der Waals surface area contributed by atoms with E-state index in [1.807, 2.05) is 18.2 Å². The number of sulfonamides is 1. The minimum Gasteiger partial charge on any atom is -0.445 e. The van der Waals surface area contributed by atoms with Gasteiger partial charge < -0.3 is 9.64 Å². The number of carbonyl (C=O) groups excluding carboxylic acids is 1. The first kappa shape index (κ1) is 22.6. The predicted octanol–water partition coefficient (Wildman–Crippen LogP) is 3.92. The zero-order valence-corrected chi connectivity index (χ0v) is 19.2. The van der Waals surface area contributed by atoms with E-state index in [1.165, 1.54) is 11.1 Å². The van der Waals surface area contributed by atoms with E-state index in [4.69, 9.17) is 4.74 Å². The maximum Gasteiger partial charge on any atom is 0.410 e. The van der Waals surface area contributed by atoms with Gasteiger partial charge in [-0.3, -0.25) is 0 Å². The highest BCUT2D eigenvalue weighted by atomic mass is 32.2. The Hall–Kier alpha value is -2.64.